The molecule has 2 nitrogen and oxygen atoms in total. The molecule has 3 heteroatoms. The highest BCUT2D eigenvalue weighted by molar-refractivity contribution is 7.11. The normalized spacial score (nSPS) is 11.2. The van der Waals surface area contributed by atoms with Crippen LogP contribution in [0.2, 0.25) is 0 Å². The van der Waals surface area contributed by atoms with Crippen molar-refractivity contribution in [3.63, 3.8) is 0 Å². The van der Waals surface area contributed by atoms with Crippen LogP contribution >= 0.6 is 11.3 Å². The van der Waals surface area contributed by atoms with Crippen molar-refractivity contribution >= 4 is 11.3 Å². The third-order valence-electron chi connectivity index (χ3n) is 2.04. The Bertz CT molecular complexity index is 270. The summed E-state index contributed by atoms with van der Waals surface area (Å²) in [6.07, 6.45) is 1.44. The Kier molecular flexibility index (Phi) is 5.91. The van der Waals surface area contributed by atoms with E-state index in [1.165, 1.54) is 9.75 Å². The van der Waals surface area contributed by atoms with Gasteiger partial charge in [-0.1, -0.05) is 0 Å². The fraction of sp³-hybridized carbons (Fsp3) is 0.667. The van der Waals surface area contributed by atoms with Gasteiger partial charge in [0, 0.05) is 22.9 Å². The number of hydrogen-bond acceptors (Lipinski definition) is 3. The summed E-state index contributed by atoms with van der Waals surface area (Å²) < 4.78 is 5.46. The molecule has 0 aliphatic carbocycles. The maximum atomic E-state index is 5.46. The minimum atomic E-state index is 0.352. The van der Waals surface area contributed by atoms with Crippen LogP contribution in [0.15, 0.2) is 12.1 Å². The average molecular weight is 227 g/mol. The maximum absolute atomic E-state index is 5.46. The van der Waals surface area contributed by atoms with Crippen molar-refractivity contribution in [1.29, 1.82) is 0 Å². The van der Waals surface area contributed by atoms with Crippen molar-refractivity contribution in [1.82, 2.24) is 5.32 Å². The fourth-order valence-corrected chi connectivity index (χ4v) is 2.17. The quantitative estimate of drug-likeness (QED) is 0.723. The summed E-state index contributed by atoms with van der Waals surface area (Å²) in [7, 11) is 0. The van der Waals surface area contributed by atoms with Gasteiger partial charge in [-0.05, 0) is 45.9 Å². The van der Waals surface area contributed by atoms with Gasteiger partial charge in [0.2, 0.25) is 0 Å². The zero-order valence-corrected chi connectivity index (χ0v) is 10.7. The predicted molar refractivity (Wildman–Crippen MR) is 66.5 cm³/mol. The molecule has 0 fully saturated rings. The topological polar surface area (TPSA) is 21.3 Å². The average Bonchev–Trinajstić information content (AvgIpc) is 2.57. The molecule has 1 aromatic rings. The molecule has 0 aliphatic rings. The van der Waals surface area contributed by atoms with Crippen molar-refractivity contribution < 1.29 is 4.74 Å². The molecule has 15 heavy (non-hydrogen) atoms. The molecular formula is C12H21NOS. The lowest BCUT2D eigenvalue weighted by atomic mass is 10.4. The van der Waals surface area contributed by atoms with E-state index < -0.39 is 0 Å². The molecule has 0 amide bonds. The second kappa shape index (κ2) is 6.99. The third kappa shape index (κ3) is 5.92. The molecule has 0 unspecified atom stereocenters. The number of nitrogens with one attached hydrogen (secondary N) is 1. The van der Waals surface area contributed by atoms with Gasteiger partial charge in [-0.3, -0.25) is 0 Å². The second-order valence-electron chi connectivity index (χ2n) is 3.96. The highest BCUT2D eigenvalue weighted by Crippen LogP contribution is 2.14. The van der Waals surface area contributed by atoms with Gasteiger partial charge in [-0.15, -0.1) is 11.3 Å². The predicted octanol–water partition coefficient (Wildman–Crippen LogP) is 2.96. The minimum Gasteiger partial charge on any atom is -0.379 e. The van der Waals surface area contributed by atoms with Gasteiger partial charge < -0.3 is 10.1 Å². The van der Waals surface area contributed by atoms with Gasteiger partial charge >= 0.3 is 0 Å². The first-order chi connectivity index (χ1) is 7.18. The molecule has 0 atom stereocenters. The van der Waals surface area contributed by atoms with Crippen LogP contribution in [0.1, 0.15) is 30.0 Å². The Balaban J connectivity index is 1.98. The number of hydrogen-bond donors (Lipinski definition) is 1. The van der Waals surface area contributed by atoms with E-state index in [2.05, 4.69) is 38.2 Å². The van der Waals surface area contributed by atoms with Crippen LogP contribution in [0.5, 0.6) is 0 Å². The first kappa shape index (κ1) is 12.7. The highest BCUT2D eigenvalue weighted by Gasteiger charge is 1.96. The van der Waals surface area contributed by atoms with E-state index in [4.69, 9.17) is 4.74 Å². The monoisotopic (exact) mass is 227 g/mol. The summed E-state index contributed by atoms with van der Waals surface area (Å²) in [5.41, 5.74) is 0. The molecule has 86 valence electrons. The number of aryl methyl sites for hydroxylation is 1. The lowest BCUT2D eigenvalue weighted by molar-refractivity contribution is 0.0770. The molecule has 1 heterocycles. The second-order valence-corrected chi connectivity index (χ2v) is 5.33. The lowest BCUT2D eigenvalue weighted by Crippen LogP contribution is -2.16. The van der Waals surface area contributed by atoms with Crippen molar-refractivity contribution in [3.05, 3.63) is 21.9 Å². The van der Waals surface area contributed by atoms with Crippen LogP contribution in [0, 0.1) is 6.92 Å². The lowest BCUT2D eigenvalue weighted by Gasteiger charge is -2.07. The number of thiophene rings is 1. The van der Waals surface area contributed by atoms with E-state index in [0.29, 0.717) is 6.10 Å². The molecule has 0 saturated carbocycles. The molecule has 0 bridgehead atoms. The van der Waals surface area contributed by atoms with E-state index in [-0.39, 0.29) is 0 Å². The Morgan fingerprint density at radius 2 is 2.20 bits per heavy atom. The summed E-state index contributed by atoms with van der Waals surface area (Å²) in [4.78, 5) is 2.80. The maximum Gasteiger partial charge on any atom is 0.0518 e. The molecule has 0 aliphatic heterocycles. The van der Waals surface area contributed by atoms with Gasteiger partial charge in [-0.25, -0.2) is 0 Å². The van der Waals surface area contributed by atoms with E-state index in [1.807, 2.05) is 11.3 Å². The van der Waals surface area contributed by atoms with Crippen molar-refractivity contribution in [2.24, 2.45) is 0 Å². The molecule has 1 N–H and O–H groups in total. The van der Waals surface area contributed by atoms with Gasteiger partial charge in [0.25, 0.3) is 0 Å². The minimum absolute atomic E-state index is 0.352. The molecular weight excluding hydrogens is 206 g/mol. The summed E-state index contributed by atoms with van der Waals surface area (Å²) >= 11 is 1.86. The Labute approximate surface area is 96.7 Å². The largest absolute Gasteiger partial charge is 0.379 e. The van der Waals surface area contributed by atoms with Crippen LogP contribution < -0.4 is 5.32 Å². The summed E-state index contributed by atoms with van der Waals surface area (Å²) in [6.45, 7) is 9.16. The Morgan fingerprint density at radius 3 is 2.80 bits per heavy atom. The van der Waals surface area contributed by atoms with Gasteiger partial charge in [-0.2, -0.15) is 0 Å². The number of rotatable bonds is 7. The van der Waals surface area contributed by atoms with Crippen LogP contribution in [0.3, 0.4) is 0 Å². The number of ether oxygens (including phenoxy) is 1. The summed E-state index contributed by atoms with van der Waals surface area (Å²) in [5, 5.41) is 3.42. The zero-order chi connectivity index (χ0) is 11.1. The first-order valence-corrected chi connectivity index (χ1v) is 6.38. The molecule has 0 spiro atoms. The fourth-order valence-electron chi connectivity index (χ4n) is 1.31. The molecule has 0 aromatic carbocycles. The van der Waals surface area contributed by atoms with Crippen LogP contribution in [-0.4, -0.2) is 19.3 Å². The van der Waals surface area contributed by atoms with E-state index >= 15 is 0 Å². The van der Waals surface area contributed by atoms with Crippen molar-refractivity contribution in [2.45, 2.75) is 39.8 Å². The van der Waals surface area contributed by atoms with Crippen LogP contribution in [-0.2, 0) is 11.3 Å². The zero-order valence-electron chi connectivity index (χ0n) is 9.88. The summed E-state index contributed by atoms with van der Waals surface area (Å²) in [6, 6.07) is 4.36. The SMILES string of the molecule is Cc1ccc(CNCCCOC(C)C)s1. The van der Waals surface area contributed by atoms with Gasteiger partial charge in [0.05, 0.1) is 6.10 Å². The summed E-state index contributed by atoms with van der Waals surface area (Å²) in [5.74, 6) is 0. The Hall–Kier alpha value is -0.380. The van der Waals surface area contributed by atoms with Crippen molar-refractivity contribution in [2.75, 3.05) is 13.2 Å². The van der Waals surface area contributed by atoms with E-state index in [0.717, 1.165) is 26.1 Å². The Morgan fingerprint density at radius 1 is 1.40 bits per heavy atom. The first-order valence-electron chi connectivity index (χ1n) is 5.56. The van der Waals surface area contributed by atoms with Gasteiger partial charge in [0.15, 0.2) is 0 Å². The molecule has 1 aromatic heterocycles. The van der Waals surface area contributed by atoms with E-state index in [9.17, 15) is 0 Å². The highest BCUT2D eigenvalue weighted by atomic mass is 32.1. The smallest absolute Gasteiger partial charge is 0.0518 e. The van der Waals surface area contributed by atoms with Crippen LogP contribution in [0.4, 0.5) is 0 Å². The molecule has 1 rings (SSSR count). The van der Waals surface area contributed by atoms with Gasteiger partial charge in [0.1, 0.15) is 0 Å². The molecule has 0 radical (unpaired) electrons. The molecule has 0 saturated heterocycles. The third-order valence-corrected chi connectivity index (χ3v) is 3.04. The standard InChI is InChI=1S/C12H21NOS/c1-10(2)14-8-4-7-13-9-12-6-5-11(3)15-12/h5-6,10,13H,4,7-9H2,1-3H3. The van der Waals surface area contributed by atoms with E-state index in [1.54, 1.807) is 0 Å². The van der Waals surface area contributed by atoms with Crippen LogP contribution in [0.25, 0.3) is 0 Å². The van der Waals surface area contributed by atoms with Crippen molar-refractivity contribution in [3.8, 4) is 0 Å².